The van der Waals surface area contributed by atoms with Crippen molar-refractivity contribution >= 4 is 21.7 Å². The van der Waals surface area contributed by atoms with Crippen molar-refractivity contribution in [3.8, 4) is 0 Å². The van der Waals surface area contributed by atoms with Gasteiger partial charge in [-0.1, -0.05) is 18.2 Å². The molecule has 150 valence electrons. The molecule has 2 atom stereocenters. The first kappa shape index (κ1) is 21.6. The van der Waals surface area contributed by atoms with Gasteiger partial charge < -0.3 is 10.1 Å². The lowest BCUT2D eigenvalue weighted by Gasteiger charge is -2.19. The van der Waals surface area contributed by atoms with Crippen LogP contribution in [-0.4, -0.2) is 32.7 Å². The highest BCUT2D eigenvalue weighted by atomic mass is 32.2. The highest BCUT2D eigenvalue weighted by Gasteiger charge is 2.23. The quantitative estimate of drug-likeness (QED) is 0.744. The first-order valence-electron chi connectivity index (χ1n) is 8.56. The van der Waals surface area contributed by atoms with Crippen LogP contribution in [0, 0.1) is 12.7 Å². The molecule has 2 aromatic carbocycles. The molecule has 1 N–H and O–H groups in total. The zero-order chi connectivity index (χ0) is 21.1. The van der Waals surface area contributed by atoms with Crippen LogP contribution in [0.25, 0.3) is 0 Å². The number of aryl methyl sites for hydroxylation is 1. The fourth-order valence-corrected chi connectivity index (χ4v) is 3.14. The summed E-state index contributed by atoms with van der Waals surface area (Å²) in [6, 6.07) is 9.42. The highest BCUT2D eigenvalue weighted by molar-refractivity contribution is 7.90. The summed E-state index contributed by atoms with van der Waals surface area (Å²) in [5.41, 5.74) is 1.31. The monoisotopic (exact) mass is 407 g/mol. The zero-order valence-corrected chi connectivity index (χ0v) is 16.8. The first-order valence-corrected chi connectivity index (χ1v) is 10.5. The second-order valence-electron chi connectivity index (χ2n) is 6.58. The minimum absolute atomic E-state index is 0.00733. The second kappa shape index (κ2) is 8.52. The van der Waals surface area contributed by atoms with Crippen LogP contribution in [0.4, 0.5) is 4.39 Å². The number of carbonyl (C=O) groups excluding carboxylic acids is 2. The normalized spacial score (nSPS) is 13.5. The molecule has 8 heteroatoms. The molecular weight excluding hydrogens is 385 g/mol. The number of hydrogen-bond donors (Lipinski definition) is 1. The van der Waals surface area contributed by atoms with Crippen molar-refractivity contribution in [1.29, 1.82) is 0 Å². The number of benzene rings is 2. The number of amides is 1. The summed E-state index contributed by atoms with van der Waals surface area (Å²) >= 11 is 0. The Kier molecular flexibility index (Phi) is 6.56. The molecule has 0 saturated carbocycles. The van der Waals surface area contributed by atoms with Crippen LogP contribution in [0.3, 0.4) is 0 Å². The number of hydrogen-bond acceptors (Lipinski definition) is 5. The average molecular weight is 407 g/mol. The van der Waals surface area contributed by atoms with Gasteiger partial charge in [0, 0.05) is 6.26 Å². The molecule has 0 aliphatic carbocycles. The number of nitrogens with one attached hydrogen (secondary N) is 1. The van der Waals surface area contributed by atoms with Gasteiger partial charge in [-0.15, -0.1) is 0 Å². The number of halogens is 1. The van der Waals surface area contributed by atoms with E-state index in [2.05, 4.69) is 5.32 Å². The predicted octanol–water partition coefficient (Wildman–Crippen LogP) is 2.96. The van der Waals surface area contributed by atoms with Crippen molar-refractivity contribution in [2.45, 2.75) is 37.8 Å². The van der Waals surface area contributed by atoms with E-state index in [0.29, 0.717) is 11.1 Å². The molecule has 2 aromatic rings. The third-order valence-corrected chi connectivity index (χ3v) is 5.35. The Labute approximate surface area is 163 Å². The summed E-state index contributed by atoms with van der Waals surface area (Å²) in [4.78, 5) is 24.7. The standard InChI is InChI=1S/C20H22FNO5S/c1-12-5-10-17(28(4,25)26)11-18(12)20(24)27-14(3)19(23)22-13(2)15-6-8-16(21)9-7-15/h5-11,13-14H,1-4H3,(H,22,23)/t13-,14-/m1/s1. The summed E-state index contributed by atoms with van der Waals surface area (Å²) in [5.74, 6) is -1.70. The Balaban J connectivity index is 2.07. The van der Waals surface area contributed by atoms with E-state index in [-0.39, 0.29) is 16.3 Å². The molecule has 2 rings (SSSR count). The maximum Gasteiger partial charge on any atom is 0.339 e. The fraction of sp³-hybridized carbons (Fsp3) is 0.300. The predicted molar refractivity (Wildman–Crippen MR) is 102 cm³/mol. The van der Waals surface area contributed by atoms with Crippen LogP contribution in [-0.2, 0) is 19.4 Å². The average Bonchev–Trinajstić information content (AvgIpc) is 2.61. The fourth-order valence-electron chi connectivity index (χ4n) is 2.49. The topological polar surface area (TPSA) is 89.5 Å². The van der Waals surface area contributed by atoms with E-state index < -0.39 is 33.9 Å². The van der Waals surface area contributed by atoms with Gasteiger partial charge in [-0.3, -0.25) is 4.79 Å². The summed E-state index contributed by atoms with van der Waals surface area (Å²) in [7, 11) is -3.48. The Hall–Kier alpha value is -2.74. The van der Waals surface area contributed by atoms with Crippen molar-refractivity contribution < 1.29 is 27.1 Å². The maximum absolute atomic E-state index is 13.0. The van der Waals surface area contributed by atoms with Gasteiger partial charge >= 0.3 is 5.97 Å². The maximum atomic E-state index is 13.0. The molecule has 6 nitrogen and oxygen atoms in total. The van der Waals surface area contributed by atoms with Gasteiger partial charge in [-0.05, 0) is 56.2 Å². The van der Waals surface area contributed by atoms with E-state index >= 15 is 0 Å². The molecule has 0 bridgehead atoms. The number of rotatable bonds is 6. The highest BCUT2D eigenvalue weighted by Crippen LogP contribution is 2.18. The third-order valence-electron chi connectivity index (χ3n) is 4.24. The largest absolute Gasteiger partial charge is 0.449 e. The van der Waals surface area contributed by atoms with E-state index in [1.807, 2.05) is 0 Å². The van der Waals surface area contributed by atoms with Gasteiger partial charge in [0.25, 0.3) is 5.91 Å². The zero-order valence-electron chi connectivity index (χ0n) is 16.0. The lowest BCUT2D eigenvalue weighted by molar-refractivity contribution is -0.129. The number of carbonyl (C=O) groups is 2. The molecule has 0 aromatic heterocycles. The SMILES string of the molecule is Cc1ccc(S(C)(=O)=O)cc1C(=O)O[C@H](C)C(=O)N[C@H](C)c1ccc(F)cc1. The van der Waals surface area contributed by atoms with Crippen LogP contribution in [0.15, 0.2) is 47.4 Å². The van der Waals surface area contributed by atoms with Gasteiger partial charge in [0.05, 0.1) is 16.5 Å². The molecular formula is C20H22FNO5S. The van der Waals surface area contributed by atoms with E-state index in [0.717, 1.165) is 6.26 Å². The van der Waals surface area contributed by atoms with Gasteiger partial charge in [-0.2, -0.15) is 0 Å². The summed E-state index contributed by atoms with van der Waals surface area (Å²) in [6.45, 7) is 4.78. The van der Waals surface area contributed by atoms with Gasteiger partial charge in [0.2, 0.25) is 0 Å². The summed E-state index contributed by atoms with van der Waals surface area (Å²) in [6.07, 6.45) is -0.0589. The molecule has 0 heterocycles. The number of ether oxygens (including phenoxy) is 1. The third kappa shape index (κ3) is 5.39. The summed E-state index contributed by atoms with van der Waals surface area (Å²) < 4.78 is 41.6. The van der Waals surface area contributed by atoms with Crippen molar-refractivity contribution in [1.82, 2.24) is 5.32 Å². The van der Waals surface area contributed by atoms with Crippen molar-refractivity contribution in [2.24, 2.45) is 0 Å². The molecule has 28 heavy (non-hydrogen) atoms. The van der Waals surface area contributed by atoms with Crippen LogP contribution in [0.1, 0.15) is 41.4 Å². The van der Waals surface area contributed by atoms with Crippen LogP contribution in [0.5, 0.6) is 0 Å². The number of esters is 1. The van der Waals surface area contributed by atoms with Gasteiger partial charge in [0.1, 0.15) is 5.82 Å². The molecule has 0 radical (unpaired) electrons. The van der Waals surface area contributed by atoms with Crippen LogP contribution in [0.2, 0.25) is 0 Å². The molecule has 0 aliphatic rings. The Morgan fingerprint density at radius 1 is 1.07 bits per heavy atom. The lowest BCUT2D eigenvalue weighted by atomic mass is 10.1. The van der Waals surface area contributed by atoms with Crippen LogP contribution < -0.4 is 5.32 Å². The second-order valence-corrected chi connectivity index (χ2v) is 8.59. The molecule has 0 saturated heterocycles. The van der Waals surface area contributed by atoms with Crippen molar-refractivity contribution in [3.05, 3.63) is 65.0 Å². The van der Waals surface area contributed by atoms with E-state index in [4.69, 9.17) is 4.74 Å². The first-order chi connectivity index (χ1) is 13.0. The molecule has 0 aliphatic heterocycles. The molecule has 0 fully saturated rings. The van der Waals surface area contributed by atoms with Crippen molar-refractivity contribution in [3.63, 3.8) is 0 Å². The van der Waals surface area contributed by atoms with Gasteiger partial charge in [-0.25, -0.2) is 17.6 Å². The summed E-state index contributed by atoms with van der Waals surface area (Å²) in [5, 5.41) is 2.69. The molecule has 0 spiro atoms. The smallest absolute Gasteiger partial charge is 0.339 e. The minimum Gasteiger partial charge on any atom is -0.449 e. The lowest BCUT2D eigenvalue weighted by Crippen LogP contribution is -2.37. The van der Waals surface area contributed by atoms with Crippen LogP contribution >= 0.6 is 0 Å². The Bertz CT molecular complexity index is 986. The van der Waals surface area contributed by atoms with E-state index in [1.54, 1.807) is 26.0 Å². The van der Waals surface area contributed by atoms with E-state index in [9.17, 15) is 22.4 Å². The Morgan fingerprint density at radius 3 is 2.25 bits per heavy atom. The Morgan fingerprint density at radius 2 is 1.68 bits per heavy atom. The molecule has 0 unspecified atom stereocenters. The van der Waals surface area contributed by atoms with E-state index in [1.165, 1.54) is 37.3 Å². The molecule has 1 amide bonds. The van der Waals surface area contributed by atoms with Gasteiger partial charge in [0.15, 0.2) is 15.9 Å². The minimum atomic E-state index is -3.48. The van der Waals surface area contributed by atoms with Crippen molar-refractivity contribution in [2.75, 3.05) is 6.26 Å². The number of sulfone groups is 1.